The average molecular weight is 378 g/mol. The van der Waals surface area contributed by atoms with Crippen LogP contribution in [-0.2, 0) is 16.6 Å². The minimum Gasteiger partial charge on any atom is -0.497 e. The van der Waals surface area contributed by atoms with Crippen molar-refractivity contribution in [2.24, 2.45) is 0 Å². The Kier molecular flexibility index (Phi) is 7.02. The molecule has 2 aromatic rings. The van der Waals surface area contributed by atoms with Crippen LogP contribution in [-0.4, -0.2) is 59.0 Å². The van der Waals surface area contributed by atoms with E-state index in [9.17, 15) is 8.42 Å². The van der Waals surface area contributed by atoms with E-state index in [1.54, 1.807) is 31.4 Å². The lowest BCUT2D eigenvalue weighted by Crippen LogP contribution is -2.24. The zero-order valence-corrected chi connectivity index (χ0v) is 16.5. The molecule has 0 saturated carbocycles. The standard InChI is InChI=1S/C19H26N2O4S/c1-20(2)26(22,23)19-10-8-17(9-11-19)25-13-12-21(3)15-16-6-5-7-18(14-16)24-4/h5-11,14H,12-13,15H2,1-4H3. The van der Waals surface area contributed by atoms with Gasteiger partial charge in [0, 0.05) is 27.2 Å². The summed E-state index contributed by atoms with van der Waals surface area (Å²) in [5.41, 5.74) is 1.17. The first-order chi connectivity index (χ1) is 12.3. The zero-order chi connectivity index (χ0) is 19.2. The van der Waals surface area contributed by atoms with Crippen LogP contribution in [0.25, 0.3) is 0 Å². The van der Waals surface area contributed by atoms with Crippen molar-refractivity contribution >= 4 is 10.0 Å². The summed E-state index contributed by atoms with van der Waals surface area (Å²) in [6, 6.07) is 14.5. The minimum absolute atomic E-state index is 0.255. The first kappa shape index (κ1) is 20.2. The smallest absolute Gasteiger partial charge is 0.242 e. The van der Waals surface area contributed by atoms with E-state index >= 15 is 0 Å². The summed E-state index contributed by atoms with van der Waals surface area (Å²) >= 11 is 0. The SMILES string of the molecule is COc1cccc(CN(C)CCOc2ccc(S(=O)(=O)N(C)C)cc2)c1. The molecule has 6 nitrogen and oxygen atoms in total. The van der Waals surface area contributed by atoms with Gasteiger partial charge in [0.2, 0.25) is 10.0 Å². The van der Waals surface area contributed by atoms with Crippen molar-refractivity contribution in [2.75, 3.05) is 41.4 Å². The zero-order valence-electron chi connectivity index (χ0n) is 15.7. The van der Waals surface area contributed by atoms with Crippen LogP contribution >= 0.6 is 0 Å². The lowest BCUT2D eigenvalue weighted by molar-refractivity contribution is 0.232. The molecule has 0 atom stereocenters. The van der Waals surface area contributed by atoms with Gasteiger partial charge in [-0.25, -0.2) is 12.7 Å². The summed E-state index contributed by atoms with van der Waals surface area (Å²) in [4.78, 5) is 2.41. The van der Waals surface area contributed by atoms with Gasteiger partial charge in [-0.05, 0) is 49.0 Å². The largest absolute Gasteiger partial charge is 0.497 e. The Bertz CT molecular complexity index is 805. The summed E-state index contributed by atoms with van der Waals surface area (Å²) in [6.45, 7) is 2.05. The van der Waals surface area contributed by atoms with E-state index in [0.717, 1.165) is 18.8 Å². The van der Waals surface area contributed by atoms with E-state index in [4.69, 9.17) is 9.47 Å². The van der Waals surface area contributed by atoms with Crippen molar-refractivity contribution in [1.29, 1.82) is 0 Å². The van der Waals surface area contributed by atoms with Gasteiger partial charge in [0.25, 0.3) is 0 Å². The number of rotatable bonds is 9. The van der Waals surface area contributed by atoms with Crippen LogP contribution in [0.2, 0.25) is 0 Å². The molecule has 2 aromatic carbocycles. The summed E-state index contributed by atoms with van der Waals surface area (Å²) in [7, 11) is 3.30. The summed E-state index contributed by atoms with van der Waals surface area (Å²) in [5, 5.41) is 0. The van der Waals surface area contributed by atoms with E-state index in [2.05, 4.69) is 11.0 Å². The molecule has 0 saturated heterocycles. The fourth-order valence-electron chi connectivity index (χ4n) is 2.40. The molecule has 0 heterocycles. The van der Waals surface area contributed by atoms with Gasteiger partial charge in [-0.2, -0.15) is 0 Å². The van der Waals surface area contributed by atoms with Crippen molar-refractivity contribution < 1.29 is 17.9 Å². The fourth-order valence-corrected chi connectivity index (χ4v) is 3.30. The van der Waals surface area contributed by atoms with Crippen LogP contribution in [0.15, 0.2) is 53.4 Å². The van der Waals surface area contributed by atoms with E-state index in [1.165, 1.54) is 24.0 Å². The van der Waals surface area contributed by atoms with E-state index < -0.39 is 10.0 Å². The van der Waals surface area contributed by atoms with Crippen LogP contribution in [0, 0.1) is 0 Å². The maximum absolute atomic E-state index is 12.0. The quantitative estimate of drug-likeness (QED) is 0.671. The summed E-state index contributed by atoms with van der Waals surface area (Å²) < 4.78 is 36.2. The van der Waals surface area contributed by atoms with Crippen LogP contribution < -0.4 is 9.47 Å². The van der Waals surface area contributed by atoms with E-state index in [1.807, 2.05) is 25.2 Å². The summed E-state index contributed by atoms with van der Waals surface area (Å²) in [6.07, 6.45) is 0. The molecule has 0 aliphatic rings. The predicted molar refractivity (Wildman–Crippen MR) is 102 cm³/mol. The highest BCUT2D eigenvalue weighted by Gasteiger charge is 2.16. The Balaban J connectivity index is 1.83. The molecule has 0 bridgehead atoms. The second-order valence-corrected chi connectivity index (χ2v) is 8.35. The lowest BCUT2D eigenvalue weighted by atomic mass is 10.2. The molecule has 7 heteroatoms. The topological polar surface area (TPSA) is 59.1 Å². The number of hydrogen-bond donors (Lipinski definition) is 0. The third-order valence-corrected chi connectivity index (χ3v) is 5.76. The Morgan fingerprint density at radius 2 is 1.65 bits per heavy atom. The number of benzene rings is 2. The van der Waals surface area contributed by atoms with Gasteiger partial charge in [0.05, 0.1) is 12.0 Å². The van der Waals surface area contributed by atoms with Gasteiger partial charge in [0.1, 0.15) is 18.1 Å². The Morgan fingerprint density at radius 1 is 0.962 bits per heavy atom. The molecule has 0 aliphatic carbocycles. The Labute approximate surface area is 156 Å². The number of methoxy groups -OCH3 is 1. The van der Waals surface area contributed by atoms with Crippen molar-refractivity contribution in [3.05, 3.63) is 54.1 Å². The predicted octanol–water partition coefficient (Wildman–Crippen LogP) is 2.46. The van der Waals surface area contributed by atoms with E-state index in [-0.39, 0.29) is 4.90 Å². The van der Waals surface area contributed by atoms with Gasteiger partial charge in [-0.3, -0.25) is 4.90 Å². The van der Waals surface area contributed by atoms with Crippen LogP contribution in [0.5, 0.6) is 11.5 Å². The van der Waals surface area contributed by atoms with Gasteiger partial charge in [-0.1, -0.05) is 12.1 Å². The highest BCUT2D eigenvalue weighted by molar-refractivity contribution is 7.89. The van der Waals surface area contributed by atoms with Crippen molar-refractivity contribution in [3.63, 3.8) is 0 Å². The number of ether oxygens (including phenoxy) is 2. The molecule has 0 aromatic heterocycles. The maximum Gasteiger partial charge on any atom is 0.242 e. The average Bonchev–Trinajstić information content (AvgIpc) is 2.62. The number of likely N-dealkylation sites (N-methyl/N-ethyl adjacent to an activating group) is 1. The first-order valence-corrected chi connectivity index (χ1v) is 9.74. The Morgan fingerprint density at radius 3 is 2.27 bits per heavy atom. The second kappa shape index (κ2) is 9.02. The molecule has 142 valence electrons. The highest BCUT2D eigenvalue weighted by Crippen LogP contribution is 2.18. The number of nitrogens with zero attached hydrogens (tertiary/aromatic N) is 2. The van der Waals surface area contributed by atoms with Gasteiger partial charge >= 0.3 is 0 Å². The van der Waals surface area contributed by atoms with Gasteiger partial charge in [0.15, 0.2) is 0 Å². The third-order valence-electron chi connectivity index (χ3n) is 3.93. The molecule has 0 amide bonds. The van der Waals surface area contributed by atoms with Gasteiger partial charge in [-0.15, -0.1) is 0 Å². The third kappa shape index (κ3) is 5.45. The maximum atomic E-state index is 12.0. The van der Waals surface area contributed by atoms with Crippen LogP contribution in [0.4, 0.5) is 0 Å². The monoisotopic (exact) mass is 378 g/mol. The number of sulfonamides is 1. The minimum atomic E-state index is -3.41. The normalized spacial score (nSPS) is 11.8. The van der Waals surface area contributed by atoms with Crippen molar-refractivity contribution in [2.45, 2.75) is 11.4 Å². The van der Waals surface area contributed by atoms with Crippen LogP contribution in [0.3, 0.4) is 0 Å². The van der Waals surface area contributed by atoms with Crippen molar-refractivity contribution in [3.8, 4) is 11.5 Å². The second-order valence-electron chi connectivity index (χ2n) is 6.20. The molecule has 0 radical (unpaired) electrons. The highest BCUT2D eigenvalue weighted by atomic mass is 32.2. The summed E-state index contributed by atoms with van der Waals surface area (Å²) in [5.74, 6) is 1.50. The molecule has 0 unspecified atom stereocenters. The molecule has 26 heavy (non-hydrogen) atoms. The lowest BCUT2D eigenvalue weighted by Gasteiger charge is -2.17. The Hall–Kier alpha value is -2.09. The van der Waals surface area contributed by atoms with Crippen molar-refractivity contribution in [1.82, 2.24) is 9.21 Å². The first-order valence-electron chi connectivity index (χ1n) is 8.30. The van der Waals surface area contributed by atoms with E-state index in [0.29, 0.717) is 12.4 Å². The molecule has 0 fully saturated rings. The molecule has 0 N–H and O–H groups in total. The molecular weight excluding hydrogens is 352 g/mol. The molecule has 2 rings (SSSR count). The number of hydrogen-bond acceptors (Lipinski definition) is 5. The van der Waals surface area contributed by atoms with Crippen LogP contribution in [0.1, 0.15) is 5.56 Å². The molecular formula is C19H26N2O4S. The molecule has 0 aliphatic heterocycles. The van der Waals surface area contributed by atoms with Gasteiger partial charge < -0.3 is 9.47 Å². The molecule has 0 spiro atoms. The fraction of sp³-hybridized carbons (Fsp3) is 0.368.